The summed E-state index contributed by atoms with van der Waals surface area (Å²) in [5.41, 5.74) is 0.691. The van der Waals surface area contributed by atoms with E-state index in [1.54, 1.807) is 13.0 Å². The van der Waals surface area contributed by atoms with E-state index >= 15 is 0 Å². The number of carboxylic acids is 1. The number of carbonyl (C=O) groups is 1. The van der Waals surface area contributed by atoms with Crippen LogP contribution in [-0.4, -0.2) is 19.5 Å². The molecule has 0 fully saturated rings. The number of hydrogen-bond acceptors (Lipinski definition) is 3. The Labute approximate surface area is 127 Å². The van der Waals surface area contributed by atoms with E-state index in [2.05, 4.69) is 4.72 Å². The molecule has 0 saturated heterocycles. The molecule has 5 nitrogen and oxygen atoms in total. The minimum absolute atomic E-state index is 0.00280. The Balaban J connectivity index is 2.37. The van der Waals surface area contributed by atoms with Gasteiger partial charge in [-0.3, -0.25) is 4.72 Å². The van der Waals surface area contributed by atoms with Gasteiger partial charge in [-0.2, -0.15) is 0 Å². The van der Waals surface area contributed by atoms with E-state index in [-0.39, 0.29) is 16.1 Å². The van der Waals surface area contributed by atoms with Crippen LogP contribution in [0.15, 0.2) is 47.4 Å². The third kappa shape index (κ3) is 3.53. The zero-order valence-electron chi connectivity index (χ0n) is 11.0. The molecule has 2 N–H and O–H groups in total. The van der Waals surface area contributed by atoms with Crippen LogP contribution in [0.2, 0.25) is 5.02 Å². The first-order valence-electron chi connectivity index (χ1n) is 5.92. The lowest BCUT2D eigenvalue weighted by atomic mass is 10.2. The van der Waals surface area contributed by atoms with Crippen molar-refractivity contribution in [3.8, 4) is 0 Å². The molecule has 0 radical (unpaired) electrons. The number of aryl methyl sites for hydroxylation is 1. The van der Waals surface area contributed by atoms with Gasteiger partial charge in [-0.25, -0.2) is 13.2 Å². The molecule has 0 bridgehead atoms. The molecule has 0 heterocycles. The van der Waals surface area contributed by atoms with Gasteiger partial charge in [0.1, 0.15) is 0 Å². The summed E-state index contributed by atoms with van der Waals surface area (Å²) in [6, 6.07) is 10.0. The summed E-state index contributed by atoms with van der Waals surface area (Å²) < 4.78 is 27.0. The largest absolute Gasteiger partial charge is 0.478 e. The van der Waals surface area contributed by atoms with E-state index in [1.807, 2.05) is 0 Å². The molecule has 2 aromatic rings. The van der Waals surface area contributed by atoms with Crippen LogP contribution in [0.4, 0.5) is 5.69 Å². The first kappa shape index (κ1) is 15.3. The molecule has 0 aliphatic rings. The van der Waals surface area contributed by atoms with Crippen molar-refractivity contribution >= 4 is 33.3 Å². The van der Waals surface area contributed by atoms with Crippen molar-refractivity contribution in [2.45, 2.75) is 11.8 Å². The fourth-order valence-electron chi connectivity index (χ4n) is 1.84. The van der Waals surface area contributed by atoms with Crippen molar-refractivity contribution in [2.24, 2.45) is 0 Å². The molecule has 0 aliphatic carbocycles. The molecule has 0 unspecified atom stereocenters. The normalized spacial score (nSPS) is 11.1. The van der Waals surface area contributed by atoms with Crippen molar-refractivity contribution < 1.29 is 18.3 Å². The third-order valence-electron chi connectivity index (χ3n) is 2.79. The fourth-order valence-corrected chi connectivity index (χ4v) is 3.34. The zero-order valence-corrected chi connectivity index (χ0v) is 12.6. The van der Waals surface area contributed by atoms with Crippen LogP contribution in [0.5, 0.6) is 0 Å². The Hall–Kier alpha value is -2.05. The summed E-state index contributed by atoms with van der Waals surface area (Å²) in [6.07, 6.45) is 0. The van der Waals surface area contributed by atoms with Gasteiger partial charge in [-0.05, 0) is 48.9 Å². The molecule has 0 aliphatic heterocycles. The van der Waals surface area contributed by atoms with Crippen molar-refractivity contribution in [3.05, 3.63) is 58.6 Å². The lowest BCUT2D eigenvalue weighted by molar-refractivity contribution is 0.0697. The van der Waals surface area contributed by atoms with Crippen molar-refractivity contribution in [3.63, 3.8) is 0 Å². The Bertz CT molecular complexity index is 802. The highest BCUT2D eigenvalue weighted by molar-refractivity contribution is 7.92. The van der Waals surface area contributed by atoms with Crippen molar-refractivity contribution in [2.75, 3.05) is 4.72 Å². The SMILES string of the molecule is Cc1cc(Cl)ccc1S(=O)(=O)Nc1cccc(C(=O)O)c1. The van der Waals surface area contributed by atoms with Crippen LogP contribution < -0.4 is 4.72 Å². The smallest absolute Gasteiger partial charge is 0.335 e. The van der Waals surface area contributed by atoms with E-state index in [0.29, 0.717) is 10.6 Å². The number of sulfonamides is 1. The van der Waals surface area contributed by atoms with E-state index in [0.717, 1.165) is 0 Å². The average molecular weight is 326 g/mol. The second-order valence-corrected chi connectivity index (χ2v) is 6.49. The Morgan fingerprint density at radius 3 is 2.52 bits per heavy atom. The molecular formula is C14H12ClNO4S. The van der Waals surface area contributed by atoms with Gasteiger partial charge < -0.3 is 5.11 Å². The van der Waals surface area contributed by atoms with E-state index in [4.69, 9.17) is 16.7 Å². The Morgan fingerprint density at radius 1 is 1.19 bits per heavy atom. The molecular weight excluding hydrogens is 314 g/mol. The summed E-state index contributed by atoms with van der Waals surface area (Å²) in [6.45, 7) is 1.63. The highest BCUT2D eigenvalue weighted by atomic mass is 35.5. The summed E-state index contributed by atoms with van der Waals surface area (Å²) in [5.74, 6) is -1.13. The number of carboxylic acid groups (broad SMARTS) is 1. The highest BCUT2D eigenvalue weighted by Crippen LogP contribution is 2.22. The third-order valence-corrected chi connectivity index (χ3v) is 4.56. The lowest BCUT2D eigenvalue weighted by Crippen LogP contribution is -2.14. The number of halogens is 1. The van der Waals surface area contributed by atoms with Gasteiger partial charge in [-0.15, -0.1) is 0 Å². The van der Waals surface area contributed by atoms with Crippen LogP contribution in [0.3, 0.4) is 0 Å². The summed E-state index contributed by atoms with van der Waals surface area (Å²) >= 11 is 5.80. The predicted molar refractivity (Wildman–Crippen MR) is 80.4 cm³/mol. The summed E-state index contributed by atoms with van der Waals surface area (Å²) in [4.78, 5) is 11.0. The number of hydrogen-bond donors (Lipinski definition) is 2. The molecule has 2 rings (SSSR count). The molecule has 0 amide bonds. The van der Waals surface area contributed by atoms with Crippen molar-refractivity contribution in [1.29, 1.82) is 0 Å². The van der Waals surface area contributed by atoms with Crippen LogP contribution in [0, 0.1) is 6.92 Å². The van der Waals surface area contributed by atoms with Crippen LogP contribution in [0.25, 0.3) is 0 Å². The maximum Gasteiger partial charge on any atom is 0.335 e. The molecule has 7 heteroatoms. The molecule has 2 aromatic carbocycles. The first-order chi connectivity index (χ1) is 9.79. The average Bonchev–Trinajstić information content (AvgIpc) is 2.37. The van der Waals surface area contributed by atoms with Gasteiger partial charge in [0.05, 0.1) is 10.5 Å². The highest BCUT2D eigenvalue weighted by Gasteiger charge is 2.17. The Morgan fingerprint density at radius 2 is 1.90 bits per heavy atom. The summed E-state index contributed by atoms with van der Waals surface area (Å²) in [5, 5.41) is 9.35. The second-order valence-electron chi connectivity index (χ2n) is 4.40. The van der Waals surface area contributed by atoms with Gasteiger partial charge in [-0.1, -0.05) is 17.7 Å². The van der Waals surface area contributed by atoms with Crippen LogP contribution in [-0.2, 0) is 10.0 Å². The molecule has 110 valence electrons. The van der Waals surface area contributed by atoms with Gasteiger partial charge in [0.25, 0.3) is 10.0 Å². The minimum Gasteiger partial charge on any atom is -0.478 e. The summed E-state index contributed by atoms with van der Waals surface area (Å²) in [7, 11) is -3.80. The standard InChI is InChI=1S/C14H12ClNO4S/c1-9-7-11(15)5-6-13(9)21(19,20)16-12-4-2-3-10(8-12)14(17)18/h2-8,16H,1H3,(H,17,18). The van der Waals surface area contributed by atoms with Crippen LogP contribution >= 0.6 is 11.6 Å². The minimum atomic E-state index is -3.80. The van der Waals surface area contributed by atoms with Crippen molar-refractivity contribution in [1.82, 2.24) is 0 Å². The number of nitrogens with one attached hydrogen (secondary N) is 1. The number of aromatic carboxylic acids is 1. The van der Waals surface area contributed by atoms with Gasteiger partial charge in [0.15, 0.2) is 0 Å². The molecule has 0 saturated carbocycles. The second kappa shape index (κ2) is 5.75. The topological polar surface area (TPSA) is 83.5 Å². The maximum absolute atomic E-state index is 12.3. The first-order valence-corrected chi connectivity index (χ1v) is 7.78. The maximum atomic E-state index is 12.3. The number of benzene rings is 2. The number of rotatable bonds is 4. The van der Waals surface area contributed by atoms with Gasteiger partial charge in [0.2, 0.25) is 0 Å². The monoisotopic (exact) mass is 325 g/mol. The number of anilines is 1. The van der Waals surface area contributed by atoms with Crippen LogP contribution in [0.1, 0.15) is 15.9 Å². The van der Waals surface area contributed by atoms with Gasteiger partial charge in [0, 0.05) is 10.7 Å². The molecule has 0 aromatic heterocycles. The lowest BCUT2D eigenvalue weighted by Gasteiger charge is -2.11. The predicted octanol–water partition coefficient (Wildman–Crippen LogP) is 3.15. The quantitative estimate of drug-likeness (QED) is 0.904. The van der Waals surface area contributed by atoms with E-state index in [9.17, 15) is 13.2 Å². The molecule has 0 spiro atoms. The van der Waals surface area contributed by atoms with Gasteiger partial charge >= 0.3 is 5.97 Å². The molecule has 0 atom stereocenters. The van der Waals surface area contributed by atoms with E-state index < -0.39 is 16.0 Å². The fraction of sp³-hybridized carbons (Fsp3) is 0.0714. The Kier molecular flexibility index (Phi) is 4.20. The zero-order chi connectivity index (χ0) is 15.6. The molecule has 21 heavy (non-hydrogen) atoms. The van der Waals surface area contributed by atoms with E-state index in [1.165, 1.54) is 36.4 Å².